The minimum atomic E-state index is -0.294. The van der Waals surface area contributed by atoms with Gasteiger partial charge in [0.25, 0.3) is 0 Å². The predicted octanol–water partition coefficient (Wildman–Crippen LogP) is 2.71. The zero-order chi connectivity index (χ0) is 13.9. The number of nitrogens with zero attached hydrogens (tertiary/aromatic N) is 1. The van der Waals surface area contributed by atoms with Crippen LogP contribution in [0.1, 0.15) is 34.0 Å². The van der Waals surface area contributed by atoms with Gasteiger partial charge in [0, 0.05) is 5.56 Å². The zero-order valence-electron chi connectivity index (χ0n) is 10.4. The average Bonchev–Trinajstić information content (AvgIpc) is 2.33. The normalized spacial score (nSPS) is 9.72. The van der Waals surface area contributed by atoms with Gasteiger partial charge < -0.3 is 5.32 Å². The molecule has 0 aliphatic heterocycles. The number of nitriles is 1. The molecule has 0 aliphatic rings. The number of hydrogen-bond acceptors (Lipinski definition) is 3. The van der Waals surface area contributed by atoms with Crippen LogP contribution >= 0.6 is 15.9 Å². The molecular formula is C13H13BrN2O2. The van der Waals surface area contributed by atoms with Crippen molar-refractivity contribution in [1.82, 2.24) is 0 Å². The fourth-order valence-electron chi connectivity index (χ4n) is 1.64. The molecule has 4 nitrogen and oxygen atoms in total. The lowest BCUT2D eigenvalue weighted by Gasteiger charge is -2.14. The number of nitrogens with one attached hydrogen (secondary N) is 1. The quantitative estimate of drug-likeness (QED) is 0.689. The molecule has 0 saturated carbocycles. The Morgan fingerprint density at radius 2 is 2.06 bits per heavy atom. The van der Waals surface area contributed by atoms with Crippen LogP contribution in [0, 0.1) is 25.2 Å². The fraction of sp³-hybridized carbons (Fsp3) is 0.308. The van der Waals surface area contributed by atoms with E-state index in [1.165, 1.54) is 6.92 Å². The predicted molar refractivity (Wildman–Crippen MR) is 73.1 cm³/mol. The number of rotatable bonds is 3. The topological polar surface area (TPSA) is 70.0 Å². The number of aryl methyl sites for hydroxylation is 1. The molecule has 1 aromatic rings. The van der Waals surface area contributed by atoms with Gasteiger partial charge >= 0.3 is 0 Å². The molecule has 0 saturated heterocycles. The Labute approximate surface area is 114 Å². The Morgan fingerprint density at radius 1 is 1.44 bits per heavy atom. The Bertz CT molecular complexity index is 559. The van der Waals surface area contributed by atoms with E-state index < -0.39 is 0 Å². The third-order valence-electron chi connectivity index (χ3n) is 2.72. The summed E-state index contributed by atoms with van der Waals surface area (Å²) in [5.41, 5.74) is 2.64. The fourth-order valence-corrected chi connectivity index (χ4v) is 1.78. The maximum atomic E-state index is 11.6. The number of anilines is 1. The van der Waals surface area contributed by atoms with E-state index in [2.05, 4.69) is 21.2 Å². The summed E-state index contributed by atoms with van der Waals surface area (Å²) in [6.07, 6.45) is 0. The lowest BCUT2D eigenvalue weighted by molar-refractivity contribution is -0.113. The van der Waals surface area contributed by atoms with Gasteiger partial charge in [-0.25, -0.2) is 0 Å². The standard InChI is InChI=1S/C13H13BrN2O2/c1-7-4-10(9(3)17)13(16-12(18)5-14)11(6-15)8(7)2/h4H,5H2,1-3H3,(H,16,18). The van der Waals surface area contributed by atoms with Crippen molar-refractivity contribution in [1.29, 1.82) is 5.26 Å². The van der Waals surface area contributed by atoms with Gasteiger partial charge in [-0.05, 0) is 38.0 Å². The first-order chi connectivity index (χ1) is 8.42. The first-order valence-corrected chi connectivity index (χ1v) is 6.45. The Hall–Kier alpha value is -1.67. The van der Waals surface area contributed by atoms with Crippen molar-refractivity contribution in [2.24, 2.45) is 0 Å². The number of alkyl halides is 1. The largest absolute Gasteiger partial charge is 0.324 e. The summed E-state index contributed by atoms with van der Waals surface area (Å²) in [6.45, 7) is 5.04. The van der Waals surface area contributed by atoms with Crippen LogP contribution in [-0.4, -0.2) is 17.0 Å². The van der Waals surface area contributed by atoms with E-state index in [1.807, 2.05) is 13.0 Å². The van der Waals surface area contributed by atoms with Gasteiger partial charge in [0.15, 0.2) is 5.78 Å². The number of halogens is 1. The molecule has 94 valence electrons. The van der Waals surface area contributed by atoms with Crippen molar-refractivity contribution in [2.75, 3.05) is 10.6 Å². The van der Waals surface area contributed by atoms with E-state index in [9.17, 15) is 14.9 Å². The summed E-state index contributed by atoms with van der Waals surface area (Å²) in [6, 6.07) is 3.74. The molecule has 1 aromatic carbocycles. The van der Waals surface area contributed by atoms with Crippen molar-refractivity contribution in [3.63, 3.8) is 0 Å². The van der Waals surface area contributed by atoms with Crippen LogP contribution in [-0.2, 0) is 4.79 Å². The molecule has 0 aliphatic carbocycles. The second-order valence-corrected chi connectivity index (χ2v) is 4.53. The lowest BCUT2D eigenvalue weighted by atomic mass is 9.95. The van der Waals surface area contributed by atoms with Gasteiger partial charge in [-0.15, -0.1) is 0 Å². The van der Waals surface area contributed by atoms with E-state index in [0.29, 0.717) is 16.8 Å². The molecule has 5 heteroatoms. The first-order valence-electron chi connectivity index (χ1n) is 5.33. The molecule has 0 radical (unpaired) electrons. The third-order valence-corrected chi connectivity index (χ3v) is 3.23. The van der Waals surface area contributed by atoms with Gasteiger partial charge in [0.2, 0.25) is 5.91 Å². The van der Waals surface area contributed by atoms with Gasteiger partial charge in [0.05, 0.1) is 16.6 Å². The van der Waals surface area contributed by atoms with E-state index >= 15 is 0 Å². The van der Waals surface area contributed by atoms with E-state index in [0.717, 1.165) is 11.1 Å². The Balaban J connectivity index is 3.53. The number of ketones is 1. The molecule has 1 N–H and O–H groups in total. The zero-order valence-corrected chi connectivity index (χ0v) is 12.0. The van der Waals surface area contributed by atoms with E-state index in [4.69, 9.17) is 0 Å². The van der Waals surface area contributed by atoms with Gasteiger partial charge in [-0.1, -0.05) is 15.9 Å². The SMILES string of the molecule is CC(=O)c1cc(C)c(C)c(C#N)c1NC(=O)CBr. The Kier molecular flexibility index (Phi) is 4.62. The van der Waals surface area contributed by atoms with Crippen LogP contribution in [0.5, 0.6) is 0 Å². The number of carbonyl (C=O) groups excluding carboxylic acids is 2. The third kappa shape index (κ3) is 2.77. The highest BCUT2D eigenvalue weighted by Gasteiger charge is 2.18. The van der Waals surface area contributed by atoms with Crippen LogP contribution in [0.3, 0.4) is 0 Å². The van der Waals surface area contributed by atoms with Gasteiger partial charge in [0.1, 0.15) is 6.07 Å². The summed E-state index contributed by atoms with van der Waals surface area (Å²) in [5.74, 6) is -0.475. The highest BCUT2D eigenvalue weighted by Crippen LogP contribution is 2.27. The Morgan fingerprint density at radius 3 is 2.50 bits per heavy atom. The van der Waals surface area contributed by atoms with Crippen molar-refractivity contribution in [3.05, 3.63) is 28.3 Å². The van der Waals surface area contributed by atoms with Crippen LogP contribution in [0.2, 0.25) is 0 Å². The molecule has 0 spiro atoms. The minimum Gasteiger partial charge on any atom is -0.324 e. The molecule has 1 rings (SSSR count). The van der Waals surface area contributed by atoms with E-state index in [1.54, 1.807) is 13.0 Å². The molecule has 0 aromatic heterocycles. The van der Waals surface area contributed by atoms with Crippen LogP contribution in [0.15, 0.2) is 6.07 Å². The number of benzene rings is 1. The van der Waals surface area contributed by atoms with Gasteiger partial charge in [-0.2, -0.15) is 5.26 Å². The van der Waals surface area contributed by atoms with Crippen LogP contribution in [0.4, 0.5) is 5.69 Å². The second kappa shape index (κ2) is 5.78. The van der Waals surface area contributed by atoms with Crippen molar-refractivity contribution < 1.29 is 9.59 Å². The van der Waals surface area contributed by atoms with Crippen molar-refractivity contribution in [2.45, 2.75) is 20.8 Å². The summed E-state index contributed by atoms with van der Waals surface area (Å²) >= 11 is 3.03. The molecule has 0 bridgehead atoms. The maximum Gasteiger partial charge on any atom is 0.235 e. The van der Waals surface area contributed by atoms with Gasteiger partial charge in [-0.3, -0.25) is 9.59 Å². The molecule has 0 unspecified atom stereocenters. The number of hydrogen-bond donors (Lipinski definition) is 1. The van der Waals surface area contributed by atoms with Crippen molar-refractivity contribution >= 4 is 33.3 Å². The van der Waals surface area contributed by atoms with Crippen molar-refractivity contribution in [3.8, 4) is 6.07 Å². The van der Waals surface area contributed by atoms with Crippen LogP contribution in [0.25, 0.3) is 0 Å². The first kappa shape index (κ1) is 14.4. The molecule has 0 fully saturated rings. The molecule has 0 heterocycles. The molecule has 1 amide bonds. The van der Waals surface area contributed by atoms with E-state index in [-0.39, 0.29) is 17.0 Å². The molecule has 0 atom stereocenters. The maximum absolute atomic E-state index is 11.6. The summed E-state index contributed by atoms with van der Waals surface area (Å²) < 4.78 is 0. The lowest BCUT2D eigenvalue weighted by Crippen LogP contribution is -2.17. The summed E-state index contributed by atoms with van der Waals surface area (Å²) in [7, 11) is 0. The van der Waals surface area contributed by atoms with Crippen LogP contribution < -0.4 is 5.32 Å². The highest BCUT2D eigenvalue weighted by atomic mass is 79.9. The molecular weight excluding hydrogens is 296 g/mol. The average molecular weight is 309 g/mol. The monoisotopic (exact) mass is 308 g/mol. The number of carbonyl (C=O) groups is 2. The molecule has 18 heavy (non-hydrogen) atoms. The summed E-state index contributed by atoms with van der Waals surface area (Å²) in [5, 5.41) is 11.9. The highest BCUT2D eigenvalue weighted by molar-refractivity contribution is 9.09. The minimum absolute atomic E-state index is 0.113. The second-order valence-electron chi connectivity index (χ2n) is 3.97. The number of amides is 1. The number of Topliss-reactive ketones (excluding diaryl/α,β-unsaturated/α-hetero) is 1. The summed E-state index contributed by atoms with van der Waals surface area (Å²) in [4.78, 5) is 23.0. The smallest absolute Gasteiger partial charge is 0.235 e.